The Morgan fingerprint density at radius 3 is 2.43 bits per heavy atom. The molecule has 0 radical (unpaired) electrons. The summed E-state index contributed by atoms with van der Waals surface area (Å²) >= 11 is 0. The summed E-state index contributed by atoms with van der Waals surface area (Å²) in [5.74, 6) is 0. The second kappa shape index (κ2) is 5.18. The number of allylic oxidation sites excluding steroid dienone is 3. The van der Waals surface area contributed by atoms with E-state index < -0.39 is 0 Å². The van der Waals surface area contributed by atoms with Crippen LogP contribution in [0.1, 0.15) is 11.1 Å². The number of rotatable bonds is 3. The normalized spacial score (nSPS) is 12.0. The predicted molar refractivity (Wildman–Crippen MR) is 63.0 cm³/mol. The largest absolute Gasteiger partial charge is 0.288 e. The number of aliphatic imine (C=N–C) groups is 1. The van der Waals surface area contributed by atoms with Gasteiger partial charge in [-0.2, -0.15) is 0 Å². The maximum absolute atomic E-state index is 4.21. The molecule has 72 valence electrons. The molecule has 1 rings (SSSR count). The molecule has 0 amide bonds. The third kappa shape index (κ3) is 2.70. The quantitative estimate of drug-likeness (QED) is 0.506. The first-order chi connectivity index (χ1) is 6.77. The standard InChI is InChI=1S/C13H15N/c1-4-5-6-13(14-3)12-9-7-11(2)8-10-12/h4-10H,1H2,2-3H3/b6-5-,14-13+. The minimum atomic E-state index is 0.977. The van der Waals surface area contributed by atoms with Crippen LogP contribution in [0, 0.1) is 6.92 Å². The molecule has 0 aliphatic heterocycles. The Morgan fingerprint density at radius 1 is 1.29 bits per heavy atom. The second-order valence-corrected chi connectivity index (χ2v) is 3.07. The average molecular weight is 185 g/mol. The van der Waals surface area contributed by atoms with Gasteiger partial charge in [-0.15, -0.1) is 0 Å². The van der Waals surface area contributed by atoms with Crippen molar-refractivity contribution in [3.63, 3.8) is 0 Å². The van der Waals surface area contributed by atoms with E-state index in [9.17, 15) is 0 Å². The van der Waals surface area contributed by atoms with E-state index >= 15 is 0 Å². The van der Waals surface area contributed by atoms with Crippen LogP contribution < -0.4 is 0 Å². The van der Waals surface area contributed by atoms with E-state index in [-0.39, 0.29) is 0 Å². The van der Waals surface area contributed by atoms with Crippen molar-refractivity contribution in [3.05, 3.63) is 60.2 Å². The smallest absolute Gasteiger partial charge is 0.0643 e. The zero-order valence-corrected chi connectivity index (χ0v) is 8.70. The lowest BCUT2D eigenvalue weighted by Crippen LogP contribution is -1.95. The van der Waals surface area contributed by atoms with Crippen LogP contribution >= 0.6 is 0 Å². The van der Waals surface area contributed by atoms with Gasteiger partial charge in [0.1, 0.15) is 0 Å². The lowest BCUT2D eigenvalue weighted by molar-refractivity contribution is 1.41. The van der Waals surface area contributed by atoms with Crippen LogP contribution in [-0.4, -0.2) is 12.8 Å². The molecule has 0 aliphatic rings. The number of benzene rings is 1. The summed E-state index contributed by atoms with van der Waals surface area (Å²) in [6.45, 7) is 5.71. The molecule has 0 aliphatic carbocycles. The lowest BCUT2D eigenvalue weighted by atomic mass is 10.1. The molecule has 0 heterocycles. The van der Waals surface area contributed by atoms with Gasteiger partial charge in [-0.25, -0.2) is 0 Å². The second-order valence-electron chi connectivity index (χ2n) is 3.07. The van der Waals surface area contributed by atoms with Crippen molar-refractivity contribution in [2.75, 3.05) is 7.05 Å². The van der Waals surface area contributed by atoms with Crippen molar-refractivity contribution in [3.8, 4) is 0 Å². The highest BCUT2D eigenvalue weighted by atomic mass is 14.7. The number of hydrogen-bond donors (Lipinski definition) is 0. The number of aryl methyl sites for hydroxylation is 1. The van der Waals surface area contributed by atoms with Crippen LogP contribution in [0.25, 0.3) is 0 Å². The molecule has 1 nitrogen and oxygen atoms in total. The Kier molecular flexibility index (Phi) is 3.86. The van der Waals surface area contributed by atoms with Crippen molar-refractivity contribution < 1.29 is 0 Å². The maximum Gasteiger partial charge on any atom is 0.0643 e. The monoisotopic (exact) mass is 185 g/mol. The first-order valence-electron chi connectivity index (χ1n) is 4.61. The fourth-order valence-electron chi connectivity index (χ4n) is 1.18. The van der Waals surface area contributed by atoms with Crippen LogP contribution in [0.3, 0.4) is 0 Å². The number of nitrogens with zero attached hydrogens (tertiary/aromatic N) is 1. The fourth-order valence-corrected chi connectivity index (χ4v) is 1.18. The molecule has 14 heavy (non-hydrogen) atoms. The molecule has 0 N–H and O–H groups in total. The summed E-state index contributed by atoms with van der Waals surface area (Å²) in [4.78, 5) is 4.21. The summed E-state index contributed by atoms with van der Waals surface area (Å²) in [7, 11) is 1.79. The molecule has 1 heteroatoms. The Bertz CT molecular complexity index is 355. The van der Waals surface area contributed by atoms with Crippen LogP contribution in [0.2, 0.25) is 0 Å². The molecule has 1 aromatic carbocycles. The Balaban J connectivity index is 2.96. The summed E-state index contributed by atoms with van der Waals surface area (Å²) in [6.07, 6.45) is 5.60. The molecular weight excluding hydrogens is 170 g/mol. The van der Waals surface area contributed by atoms with E-state index in [1.807, 2.05) is 12.2 Å². The van der Waals surface area contributed by atoms with Gasteiger partial charge in [0, 0.05) is 7.05 Å². The van der Waals surface area contributed by atoms with Gasteiger partial charge in [0.2, 0.25) is 0 Å². The van der Waals surface area contributed by atoms with Crippen LogP contribution in [0.5, 0.6) is 0 Å². The van der Waals surface area contributed by atoms with Crippen molar-refractivity contribution in [1.82, 2.24) is 0 Å². The third-order valence-electron chi connectivity index (χ3n) is 1.98. The molecule has 0 spiro atoms. The van der Waals surface area contributed by atoms with Crippen LogP contribution in [-0.2, 0) is 0 Å². The van der Waals surface area contributed by atoms with Gasteiger partial charge in [0.25, 0.3) is 0 Å². The Morgan fingerprint density at radius 2 is 1.93 bits per heavy atom. The van der Waals surface area contributed by atoms with Crippen molar-refractivity contribution >= 4 is 5.71 Å². The first-order valence-corrected chi connectivity index (χ1v) is 4.61. The molecule has 0 saturated heterocycles. The van der Waals surface area contributed by atoms with Crippen molar-refractivity contribution in [2.24, 2.45) is 4.99 Å². The highest BCUT2D eigenvalue weighted by molar-refractivity contribution is 6.08. The lowest BCUT2D eigenvalue weighted by Gasteiger charge is -2.00. The molecule has 0 fully saturated rings. The van der Waals surface area contributed by atoms with Crippen LogP contribution in [0.15, 0.2) is 54.1 Å². The van der Waals surface area contributed by atoms with E-state index in [1.165, 1.54) is 5.56 Å². The van der Waals surface area contributed by atoms with E-state index in [2.05, 4.69) is 42.8 Å². The molecule has 1 aromatic rings. The summed E-state index contributed by atoms with van der Waals surface area (Å²) in [6, 6.07) is 8.32. The minimum Gasteiger partial charge on any atom is -0.288 e. The molecular formula is C13H15N. The van der Waals surface area contributed by atoms with Gasteiger partial charge >= 0.3 is 0 Å². The van der Waals surface area contributed by atoms with E-state index in [4.69, 9.17) is 0 Å². The van der Waals surface area contributed by atoms with Gasteiger partial charge in [0.05, 0.1) is 5.71 Å². The fraction of sp³-hybridized carbons (Fsp3) is 0.154. The third-order valence-corrected chi connectivity index (χ3v) is 1.98. The summed E-state index contributed by atoms with van der Waals surface area (Å²) in [5.41, 5.74) is 3.37. The zero-order valence-electron chi connectivity index (χ0n) is 8.70. The highest BCUT2D eigenvalue weighted by Crippen LogP contribution is 2.05. The zero-order chi connectivity index (χ0) is 10.4. The minimum absolute atomic E-state index is 0.977. The van der Waals surface area contributed by atoms with E-state index in [0.717, 1.165) is 11.3 Å². The van der Waals surface area contributed by atoms with Crippen molar-refractivity contribution in [2.45, 2.75) is 6.92 Å². The predicted octanol–water partition coefficient (Wildman–Crippen LogP) is 3.16. The molecule has 0 unspecified atom stereocenters. The van der Waals surface area contributed by atoms with Gasteiger partial charge in [-0.05, 0) is 18.6 Å². The summed E-state index contributed by atoms with van der Waals surface area (Å²) < 4.78 is 0. The topological polar surface area (TPSA) is 12.4 Å². The highest BCUT2D eigenvalue weighted by Gasteiger charge is 1.96. The van der Waals surface area contributed by atoms with E-state index in [1.54, 1.807) is 13.1 Å². The van der Waals surface area contributed by atoms with Crippen LogP contribution in [0.4, 0.5) is 0 Å². The molecule has 0 saturated carbocycles. The number of hydrogen-bond acceptors (Lipinski definition) is 1. The summed E-state index contributed by atoms with van der Waals surface area (Å²) in [5, 5.41) is 0. The maximum atomic E-state index is 4.21. The van der Waals surface area contributed by atoms with Gasteiger partial charge in [-0.1, -0.05) is 48.6 Å². The molecule has 0 atom stereocenters. The van der Waals surface area contributed by atoms with Gasteiger partial charge in [0.15, 0.2) is 0 Å². The van der Waals surface area contributed by atoms with E-state index in [0.29, 0.717) is 0 Å². The SMILES string of the molecule is C=C/C=C\C(=N/C)c1ccc(C)cc1. The Labute approximate surface area is 85.5 Å². The van der Waals surface area contributed by atoms with Crippen molar-refractivity contribution in [1.29, 1.82) is 0 Å². The van der Waals surface area contributed by atoms with Gasteiger partial charge < -0.3 is 0 Å². The Hall–Kier alpha value is -1.63. The average Bonchev–Trinajstić information content (AvgIpc) is 2.21. The first kappa shape index (κ1) is 10.5. The molecule has 0 aromatic heterocycles. The molecule has 0 bridgehead atoms. The van der Waals surface area contributed by atoms with Gasteiger partial charge in [-0.3, -0.25) is 4.99 Å².